The third-order valence-electron chi connectivity index (χ3n) is 8.22. The largest absolute Gasteiger partial charge is 0.339 e. The number of carbonyl (C=O) groups excluding carboxylic acids is 2. The number of urea groups is 1. The van der Waals surface area contributed by atoms with Crippen LogP contribution in [0.15, 0.2) is 79.1 Å². The molecule has 3 aromatic carbocycles. The van der Waals surface area contributed by atoms with Gasteiger partial charge in [0.1, 0.15) is 12.0 Å². The summed E-state index contributed by atoms with van der Waals surface area (Å²) in [6.07, 6.45) is 3.70. The smallest absolute Gasteiger partial charge is 0.322 e. The SMILES string of the molecule is Cc1c(NC(=O)N2Cc3ccccc3C2)cccc1-c1ncnc2[nH]c(-c3ccc(C(=O)N4CCCC4)cc3)cc12. The van der Waals surface area contributed by atoms with E-state index in [1.54, 1.807) is 6.33 Å². The first kappa shape index (κ1) is 25.0. The Kier molecular flexibility index (Phi) is 6.23. The second kappa shape index (κ2) is 10.2. The molecule has 5 aromatic rings. The predicted molar refractivity (Wildman–Crippen MR) is 159 cm³/mol. The summed E-state index contributed by atoms with van der Waals surface area (Å²) < 4.78 is 0. The Balaban J connectivity index is 1.15. The van der Waals surface area contributed by atoms with Crippen molar-refractivity contribution < 1.29 is 9.59 Å². The Bertz CT molecular complexity index is 1760. The highest BCUT2D eigenvalue weighted by molar-refractivity contribution is 5.98. The number of fused-ring (bicyclic) bond motifs is 2. The van der Waals surface area contributed by atoms with Crippen LogP contribution in [0.1, 0.15) is 39.9 Å². The average Bonchev–Trinajstić information content (AvgIpc) is 3.77. The van der Waals surface area contributed by atoms with Crippen molar-refractivity contribution in [2.45, 2.75) is 32.9 Å². The fraction of sp³-hybridized carbons (Fsp3) is 0.212. The maximum absolute atomic E-state index is 13.2. The van der Waals surface area contributed by atoms with E-state index in [2.05, 4.69) is 32.4 Å². The van der Waals surface area contributed by atoms with E-state index < -0.39 is 0 Å². The van der Waals surface area contributed by atoms with Gasteiger partial charge < -0.3 is 20.1 Å². The van der Waals surface area contributed by atoms with Crippen LogP contribution >= 0.6 is 0 Å². The number of benzene rings is 3. The molecule has 0 atom stereocenters. The lowest BCUT2D eigenvalue weighted by atomic mass is 10.0. The van der Waals surface area contributed by atoms with Gasteiger partial charge in [-0.05, 0) is 66.3 Å². The molecule has 0 spiro atoms. The van der Waals surface area contributed by atoms with Crippen LogP contribution < -0.4 is 5.32 Å². The van der Waals surface area contributed by atoms with Gasteiger partial charge in [-0.1, -0.05) is 48.5 Å². The number of amides is 3. The molecule has 7 rings (SSSR count). The molecule has 204 valence electrons. The third-order valence-corrected chi connectivity index (χ3v) is 8.22. The van der Waals surface area contributed by atoms with Gasteiger partial charge in [0.15, 0.2) is 0 Å². The maximum atomic E-state index is 13.2. The Hall–Kier alpha value is -4.98. The highest BCUT2D eigenvalue weighted by Gasteiger charge is 2.24. The number of carbonyl (C=O) groups is 2. The molecule has 8 nitrogen and oxygen atoms in total. The molecule has 8 heteroatoms. The van der Waals surface area contributed by atoms with Crippen molar-refractivity contribution in [1.82, 2.24) is 24.8 Å². The first-order valence-corrected chi connectivity index (χ1v) is 14.0. The minimum atomic E-state index is -0.120. The average molecular weight is 543 g/mol. The number of hydrogen-bond acceptors (Lipinski definition) is 4. The van der Waals surface area contributed by atoms with Crippen molar-refractivity contribution in [3.05, 3.63) is 101 Å². The quantitative estimate of drug-likeness (QED) is 0.275. The number of aromatic nitrogens is 3. The summed E-state index contributed by atoms with van der Waals surface area (Å²) in [5, 5.41) is 4.01. The number of nitrogens with zero attached hydrogens (tertiary/aromatic N) is 4. The summed E-state index contributed by atoms with van der Waals surface area (Å²) in [5.74, 6) is 0.0931. The maximum Gasteiger partial charge on any atom is 0.322 e. The molecule has 41 heavy (non-hydrogen) atoms. The zero-order valence-corrected chi connectivity index (χ0v) is 22.9. The number of aromatic amines is 1. The normalized spacial score (nSPS) is 14.5. The van der Waals surface area contributed by atoms with Crippen LogP contribution in [0.2, 0.25) is 0 Å². The monoisotopic (exact) mass is 542 g/mol. The molecule has 0 aliphatic carbocycles. The summed E-state index contributed by atoms with van der Waals surface area (Å²) in [6.45, 7) is 4.88. The summed E-state index contributed by atoms with van der Waals surface area (Å²) in [5.41, 5.74) is 9.09. The van der Waals surface area contributed by atoms with Crippen LogP contribution in [0.4, 0.5) is 10.5 Å². The van der Waals surface area contributed by atoms with Crippen LogP contribution in [0, 0.1) is 6.92 Å². The topological polar surface area (TPSA) is 94.2 Å². The lowest BCUT2D eigenvalue weighted by Gasteiger charge is -2.18. The van der Waals surface area contributed by atoms with E-state index in [1.165, 1.54) is 11.1 Å². The Morgan fingerprint density at radius 3 is 2.32 bits per heavy atom. The van der Waals surface area contributed by atoms with Crippen molar-refractivity contribution in [1.29, 1.82) is 0 Å². The first-order chi connectivity index (χ1) is 20.0. The van der Waals surface area contributed by atoms with Gasteiger partial charge in [0, 0.05) is 54.1 Å². The molecule has 2 N–H and O–H groups in total. The van der Waals surface area contributed by atoms with Crippen LogP contribution in [0.25, 0.3) is 33.5 Å². The van der Waals surface area contributed by atoms with E-state index in [9.17, 15) is 9.59 Å². The number of nitrogens with one attached hydrogen (secondary N) is 2. The van der Waals surface area contributed by atoms with Crippen LogP contribution in [-0.4, -0.2) is 49.8 Å². The molecule has 0 bridgehead atoms. The van der Waals surface area contributed by atoms with Crippen molar-refractivity contribution >= 4 is 28.7 Å². The number of rotatable bonds is 4. The second-order valence-electron chi connectivity index (χ2n) is 10.8. The van der Waals surface area contributed by atoms with E-state index in [4.69, 9.17) is 0 Å². The molecular weight excluding hydrogens is 512 g/mol. The van der Waals surface area contributed by atoms with Crippen LogP contribution in [0.5, 0.6) is 0 Å². The molecule has 1 saturated heterocycles. The van der Waals surface area contributed by atoms with Gasteiger partial charge in [-0.15, -0.1) is 0 Å². The summed E-state index contributed by atoms with van der Waals surface area (Å²) in [6, 6.07) is 23.7. The third kappa shape index (κ3) is 4.61. The minimum absolute atomic E-state index is 0.0931. The molecule has 2 aliphatic rings. The molecular formula is C33H30N6O2. The Labute approximate surface area is 238 Å². The van der Waals surface area contributed by atoms with E-state index in [0.29, 0.717) is 18.7 Å². The van der Waals surface area contributed by atoms with Crippen molar-refractivity contribution in [3.63, 3.8) is 0 Å². The number of anilines is 1. The van der Waals surface area contributed by atoms with Crippen LogP contribution in [-0.2, 0) is 13.1 Å². The van der Waals surface area contributed by atoms with E-state index in [-0.39, 0.29) is 11.9 Å². The zero-order chi connectivity index (χ0) is 27.9. The number of likely N-dealkylation sites (tertiary alicyclic amines) is 1. The molecule has 2 aliphatic heterocycles. The standard InChI is InChI=1S/C33H30N6O2/c1-21-26(9-6-10-28(21)37-33(41)39-18-24-7-2-3-8-25(24)19-39)30-27-17-29(36-31(27)35-20-34-30)22-11-13-23(14-12-22)32(40)38-15-4-5-16-38/h2-3,6-14,17,20H,4-5,15-16,18-19H2,1H3,(H,37,41)(H,34,35,36). The van der Waals surface area contributed by atoms with E-state index >= 15 is 0 Å². The highest BCUT2D eigenvalue weighted by atomic mass is 16.2. The fourth-order valence-corrected chi connectivity index (χ4v) is 5.90. The first-order valence-electron chi connectivity index (χ1n) is 14.0. The molecule has 2 aromatic heterocycles. The van der Waals surface area contributed by atoms with Gasteiger partial charge in [0.2, 0.25) is 0 Å². The molecule has 0 unspecified atom stereocenters. The zero-order valence-electron chi connectivity index (χ0n) is 22.9. The van der Waals surface area contributed by atoms with Gasteiger partial charge in [0.25, 0.3) is 5.91 Å². The van der Waals surface area contributed by atoms with Crippen molar-refractivity contribution in [2.24, 2.45) is 0 Å². The van der Waals surface area contributed by atoms with E-state index in [0.717, 1.165) is 70.7 Å². The summed E-state index contributed by atoms with van der Waals surface area (Å²) in [7, 11) is 0. The molecule has 4 heterocycles. The van der Waals surface area contributed by atoms with Gasteiger partial charge in [-0.3, -0.25) is 4.79 Å². The molecule has 0 saturated carbocycles. The summed E-state index contributed by atoms with van der Waals surface area (Å²) in [4.78, 5) is 42.2. The van der Waals surface area contributed by atoms with Crippen molar-refractivity contribution in [3.8, 4) is 22.5 Å². The van der Waals surface area contributed by atoms with Gasteiger partial charge in [0.05, 0.1) is 5.69 Å². The molecule has 3 amide bonds. The predicted octanol–water partition coefficient (Wildman–Crippen LogP) is 6.38. The van der Waals surface area contributed by atoms with Gasteiger partial charge >= 0.3 is 6.03 Å². The lowest BCUT2D eigenvalue weighted by molar-refractivity contribution is 0.0793. The van der Waals surface area contributed by atoms with Gasteiger partial charge in [-0.25, -0.2) is 14.8 Å². The van der Waals surface area contributed by atoms with Crippen LogP contribution in [0.3, 0.4) is 0 Å². The fourth-order valence-electron chi connectivity index (χ4n) is 5.90. The summed E-state index contributed by atoms with van der Waals surface area (Å²) >= 11 is 0. The molecule has 1 fully saturated rings. The van der Waals surface area contributed by atoms with Crippen molar-refractivity contribution in [2.75, 3.05) is 18.4 Å². The minimum Gasteiger partial charge on any atom is -0.339 e. The Morgan fingerprint density at radius 1 is 0.854 bits per heavy atom. The lowest BCUT2D eigenvalue weighted by Crippen LogP contribution is -2.30. The molecule has 0 radical (unpaired) electrons. The van der Waals surface area contributed by atoms with Gasteiger partial charge in [-0.2, -0.15) is 0 Å². The number of H-pyrrole nitrogens is 1. The second-order valence-corrected chi connectivity index (χ2v) is 10.8. The number of hydrogen-bond donors (Lipinski definition) is 2. The highest BCUT2D eigenvalue weighted by Crippen LogP contribution is 2.34. The Morgan fingerprint density at radius 2 is 1.59 bits per heavy atom. The van der Waals surface area contributed by atoms with E-state index in [1.807, 2.05) is 77.4 Å².